The lowest BCUT2D eigenvalue weighted by Crippen LogP contribution is -2.43. The van der Waals surface area contributed by atoms with Crippen molar-refractivity contribution < 1.29 is 14.6 Å². The minimum Gasteiger partial charge on any atom is -0.391 e. The van der Waals surface area contributed by atoms with Crippen LogP contribution in [0.3, 0.4) is 0 Å². The standard InChI is InChI=1S/C14H29NO3/c1-10(2)7-8-18-11(3)13(17)15-9-12(16)14(4,5)6/h10-12,16H,7-9H2,1-6H3,(H,15,17). The topological polar surface area (TPSA) is 58.6 Å². The molecule has 0 aliphatic rings. The molecule has 1 amide bonds. The average Bonchev–Trinajstić information content (AvgIpc) is 2.23. The Morgan fingerprint density at radius 3 is 2.28 bits per heavy atom. The molecule has 0 fully saturated rings. The van der Waals surface area contributed by atoms with Crippen molar-refractivity contribution in [2.45, 2.75) is 60.2 Å². The summed E-state index contributed by atoms with van der Waals surface area (Å²) in [4.78, 5) is 11.7. The maximum absolute atomic E-state index is 11.7. The number of hydrogen-bond donors (Lipinski definition) is 2. The first-order chi connectivity index (χ1) is 8.14. The summed E-state index contributed by atoms with van der Waals surface area (Å²) in [5.74, 6) is 0.407. The van der Waals surface area contributed by atoms with Crippen molar-refractivity contribution in [3.63, 3.8) is 0 Å². The first-order valence-corrected chi connectivity index (χ1v) is 6.72. The molecule has 0 aromatic heterocycles. The van der Waals surface area contributed by atoms with Crippen LogP contribution in [-0.2, 0) is 9.53 Å². The van der Waals surface area contributed by atoms with Gasteiger partial charge in [0, 0.05) is 13.2 Å². The quantitative estimate of drug-likeness (QED) is 0.735. The molecule has 0 aliphatic carbocycles. The van der Waals surface area contributed by atoms with E-state index in [0.29, 0.717) is 12.5 Å². The van der Waals surface area contributed by atoms with Gasteiger partial charge in [-0.05, 0) is 24.7 Å². The molecule has 0 saturated heterocycles. The SMILES string of the molecule is CC(C)CCOC(C)C(=O)NCC(O)C(C)(C)C. The maximum atomic E-state index is 11.7. The zero-order valence-electron chi connectivity index (χ0n) is 12.6. The molecule has 0 saturated carbocycles. The van der Waals surface area contributed by atoms with Crippen molar-refractivity contribution in [1.82, 2.24) is 5.32 Å². The molecule has 0 radical (unpaired) electrons. The molecular formula is C14H29NO3. The Balaban J connectivity index is 3.88. The monoisotopic (exact) mass is 259 g/mol. The molecule has 0 rings (SSSR count). The van der Waals surface area contributed by atoms with Gasteiger partial charge in [-0.25, -0.2) is 0 Å². The lowest BCUT2D eigenvalue weighted by molar-refractivity contribution is -0.132. The number of carbonyl (C=O) groups excluding carboxylic acids is 1. The van der Waals surface area contributed by atoms with Crippen molar-refractivity contribution in [2.24, 2.45) is 11.3 Å². The van der Waals surface area contributed by atoms with Gasteiger partial charge in [0.25, 0.3) is 0 Å². The van der Waals surface area contributed by atoms with Gasteiger partial charge in [-0.15, -0.1) is 0 Å². The number of amides is 1. The van der Waals surface area contributed by atoms with Gasteiger partial charge in [0.05, 0.1) is 6.10 Å². The highest BCUT2D eigenvalue weighted by atomic mass is 16.5. The number of carbonyl (C=O) groups is 1. The van der Waals surface area contributed by atoms with Gasteiger partial charge in [0.1, 0.15) is 6.10 Å². The summed E-state index contributed by atoms with van der Waals surface area (Å²) in [7, 11) is 0. The highest BCUT2D eigenvalue weighted by Gasteiger charge is 2.23. The van der Waals surface area contributed by atoms with Crippen molar-refractivity contribution in [2.75, 3.05) is 13.2 Å². The van der Waals surface area contributed by atoms with Crippen LogP contribution in [-0.4, -0.2) is 36.4 Å². The third-order valence-corrected chi connectivity index (χ3v) is 2.90. The first kappa shape index (κ1) is 17.4. The Labute approximate surface area is 111 Å². The molecule has 0 spiro atoms. The van der Waals surface area contributed by atoms with Crippen LogP contribution >= 0.6 is 0 Å². The van der Waals surface area contributed by atoms with Crippen LogP contribution in [0, 0.1) is 11.3 Å². The molecule has 0 bridgehead atoms. The highest BCUT2D eigenvalue weighted by Crippen LogP contribution is 2.18. The smallest absolute Gasteiger partial charge is 0.248 e. The van der Waals surface area contributed by atoms with Gasteiger partial charge in [0.15, 0.2) is 0 Å². The Morgan fingerprint density at radius 2 is 1.83 bits per heavy atom. The Hall–Kier alpha value is -0.610. The van der Waals surface area contributed by atoms with Crippen LogP contribution < -0.4 is 5.32 Å². The molecule has 4 nitrogen and oxygen atoms in total. The molecule has 2 atom stereocenters. The average molecular weight is 259 g/mol. The summed E-state index contributed by atoms with van der Waals surface area (Å²) >= 11 is 0. The number of aliphatic hydroxyl groups is 1. The van der Waals surface area contributed by atoms with E-state index < -0.39 is 12.2 Å². The molecule has 4 heteroatoms. The van der Waals surface area contributed by atoms with E-state index in [1.165, 1.54) is 0 Å². The van der Waals surface area contributed by atoms with Crippen molar-refractivity contribution >= 4 is 5.91 Å². The van der Waals surface area contributed by atoms with E-state index in [1.54, 1.807) is 6.92 Å². The number of aliphatic hydroxyl groups excluding tert-OH is 1. The molecule has 18 heavy (non-hydrogen) atoms. The second kappa shape index (κ2) is 7.74. The third kappa shape index (κ3) is 7.67. The summed E-state index contributed by atoms with van der Waals surface area (Å²) in [6.07, 6.45) is -0.0670. The number of nitrogens with one attached hydrogen (secondary N) is 1. The van der Waals surface area contributed by atoms with Crippen LogP contribution in [0.1, 0.15) is 48.0 Å². The molecule has 2 unspecified atom stereocenters. The molecule has 2 N–H and O–H groups in total. The van der Waals surface area contributed by atoms with Crippen LogP contribution in [0.2, 0.25) is 0 Å². The van der Waals surface area contributed by atoms with E-state index in [4.69, 9.17) is 4.74 Å². The third-order valence-electron chi connectivity index (χ3n) is 2.90. The second-order valence-electron chi connectivity index (χ2n) is 6.32. The van der Waals surface area contributed by atoms with Crippen molar-refractivity contribution in [3.05, 3.63) is 0 Å². The fraction of sp³-hybridized carbons (Fsp3) is 0.929. The highest BCUT2D eigenvalue weighted by molar-refractivity contribution is 5.80. The second-order valence-corrected chi connectivity index (χ2v) is 6.32. The summed E-state index contributed by atoms with van der Waals surface area (Å²) in [6.45, 7) is 12.6. The number of hydrogen-bond acceptors (Lipinski definition) is 3. The van der Waals surface area contributed by atoms with E-state index in [2.05, 4.69) is 19.2 Å². The predicted octanol–water partition coefficient (Wildman–Crippen LogP) is 1.96. The van der Waals surface area contributed by atoms with Gasteiger partial charge in [-0.2, -0.15) is 0 Å². The largest absolute Gasteiger partial charge is 0.391 e. The van der Waals surface area contributed by atoms with Crippen LogP contribution in [0.25, 0.3) is 0 Å². The summed E-state index contributed by atoms with van der Waals surface area (Å²) < 4.78 is 5.44. The summed E-state index contributed by atoms with van der Waals surface area (Å²) in [5.41, 5.74) is -0.227. The van der Waals surface area contributed by atoms with E-state index in [9.17, 15) is 9.90 Å². The molecule has 0 aliphatic heterocycles. The predicted molar refractivity (Wildman–Crippen MR) is 73.3 cm³/mol. The van der Waals surface area contributed by atoms with Crippen LogP contribution in [0.15, 0.2) is 0 Å². The fourth-order valence-corrected chi connectivity index (χ4v) is 1.20. The van der Waals surface area contributed by atoms with E-state index >= 15 is 0 Å². The van der Waals surface area contributed by atoms with Crippen LogP contribution in [0.5, 0.6) is 0 Å². The molecule has 0 aromatic carbocycles. The van der Waals surface area contributed by atoms with E-state index in [0.717, 1.165) is 6.42 Å². The Morgan fingerprint density at radius 1 is 1.28 bits per heavy atom. The summed E-state index contributed by atoms with van der Waals surface area (Å²) in [5, 5.41) is 12.5. The molecule has 0 aromatic rings. The summed E-state index contributed by atoms with van der Waals surface area (Å²) in [6, 6.07) is 0. The Kier molecular flexibility index (Phi) is 7.48. The van der Waals surface area contributed by atoms with Crippen LogP contribution in [0.4, 0.5) is 0 Å². The Bertz CT molecular complexity index is 246. The molecular weight excluding hydrogens is 230 g/mol. The minimum absolute atomic E-state index is 0.165. The maximum Gasteiger partial charge on any atom is 0.248 e. The number of rotatable bonds is 7. The zero-order valence-corrected chi connectivity index (χ0v) is 12.6. The van der Waals surface area contributed by atoms with Gasteiger partial charge in [-0.1, -0.05) is 34.6 Å². The number of ether oxygens (including phenoxy) is 1. The lowest BCUT2D eigenvalue weighted by Gasteiger charge is -2.26. The van der Waals surface area contributed by atoms with Gasteiger partial charge in [0.2, 0.25) is 5.91 Å². The van der Waals surface area contributed by atoms with Gasteiger partial charge >= 0.3 is 0 Å². The van der Waals surface area contributed by atoms with Gasteiger partial charge in [-0.3, -0.25) is 4.79 Å². The fourth-order valence-electron chi connectivity index (χ4n) is 1.20. The van der Waals surface area contributed by atoms with Gasteiger partial charge < -0.3 is 15.2 Å². The van der Waals surface area contributed by atoms with Crippen molar-refractivity contribution in [1.29, 1.82) is 0 Å². The van der Waals surface area contributed by atoms with Crippen molar-refractivity contribution in [3.8, 4) is 0 Å². The zero-order chi connectivity index (χ0) is 14.3. The van der Waals surface area contributed by atoms with E-state index in [-0.39, 0.29) is 17.9 Å². The molecule has 108 valence electrons. The molecule has 0 heterocycles. The minimum atomic E-state index is -0.552. The first-order valence-electron chi connectivity index (χ1n) is 6.72. The van der Waals surface area contributed by atoms with E-state index in [1.807, 2.05) is 20.8 Å². The lowest BCUT2D eigenvalue weighted by atomic mass is 9.89. The normalized spacial score (nSPS) is 15.6.